The fraction of sp³-hybridized carbons (Fsp3) is 0.407. The van der Waals surface area contributed by atoms with E-state index >= 15 is 0 Å². The van der Waals surface area contributed by atoms with Gasteiger partial charge in [0.1, 0.15) is 10.8 Å². The Bertz CT molecular complexity index is 1320. The highest BCUT2D eigenvalue weighted by Crippen LogP contribution is 2.38. The molecule has 9 nitrogen and oxygen atoms in total. The number of benzene rings is 1. The van der Waals surface area contributed by atoms with Crippen LogP contribution in [0.3, 0.4) is 0 Å². The van der Waals surface area contributed by atoms with E-state index in [9.17, 15) is 9.59 Å². The average molecular weight is 525 g/mol. The van der Waals surface area contributed by atoms with Crippen LogP contribution < -0.4 is 10.1 Å². The second kappa shape index (κ2) is 11.7. The molecule has 1 aromatic carbocycles. The van der Waals surface area contributed by atoms with Crippen LogP contribution in [-0.4, -0.2) is 77.0 Å². The number of halogens is 1. The molecule has 2 aromatic heterocycles. The molecule has 1 saturated heterocycles. The standard InChI is InChI=1S/C27H33ClN6O3/c1-18-16-19(12-13-29-18)26(36)31-27-30-21-10-11-22(37-4)24(28)25(21)34(27)20-8-5-6-15-33(17-20)23(35)9-7-14-32(2)3/h7,9-13,16,20H,5-6,8,14-15,17H2,1-4H3,(H,30,31,36)/b9-7+. The maximum atomic E-state index is 13.2. The lowest BCUT2D eigenvalue weighted by atomic mass is 10.1. The SMILES string of the molecule is COc1ccc2nc(NC(=O)c3ccnc(C)c3)n(C3CCCCN(C(=O)/C=C/CN(C)C)C3)c2c1Cl. The number of rotatable bonds is 7. The minimum atomic E-state index is -0.293. The third-order valence-electron chi connectivity index (χ3n) is 6.41. The summed E-state index contributed by atoms with van der Waals surface area (Å²) >= 11 is 6.79. The minimum absolute atomic E-state index is 0.0281. The van der Waals surface area contributed by atoms with Crippen molar-refractivity contribution in [1.82, 2.24) is 24.3 Å². The van der Waals surface area contributed by atoms with Gasteiger partial charge in [0.15, 0.2) is 0 Å². The van der Waals surface area contributed by atoms with Gasteiger partial charge < -0.3 is 19.1 Å². The molecule has 1 atom stereocenters. The van der Waals surface area contributed by atoms with Crippen LogP contribution in [0, 0.1) is 6.92 Å². The van der Waals surface area contributed by atoms with Crippen LogP contribution in [0.15, 0.2) is 42.6 Å². The number of methoxy groups -OCH3 is 1. The molecule has 0 bridgehead atoms. The summed E-state index contributed by atoms with van der Waals surface area (Å²) in [4.78, 5) is 39.0. The molecule has 196 valence electrons. The largest absolute Gasteiger partial charge is 0.495 e. The molecule has 1 aliphatic rings. The van der Waals surface area contributed by atoms with Crippen molar-refractivity contribution in [2.24, 2.45) is 0 Å². The lowest BCUT2D eigenvalue weighted by Gasteiger charge is -2.26. The number of fused-ring (bicyclic) bond motifs is 1. The summed E-state index contributed by atoms with van der Waals surface area (Å²) in [5, 5.41) is 3.40. The number of hydrogen-bond donors (Lipinski definition) is 1. The zero-order valence-electron chi connectivity index (χ0n) is 21.7. The Labute approximate surface area is 222 Å². The number of pyridine rings is 1. The van der Waals surface area contributed by atoms with Crippen molar-refractivity contribution in [1.29, 1.82) is 0 Å². The normalized spacial score (nSPS) is 16.4. The maximum absolute atomic E-state index is 13.2. The molecule has 4 rings (SSSR count). The monoisotopic (exact) mass is 524 g/mol. The first-order valence-electron chi connectivity index (χ1n) is 12.4. The lowest BCUT2D eigenvalue weighted by Crippen LogP contribution is -2.34. The number of carbonyl (C=O) groups is 2. The Hall–Kier alpha value is -3.43. The van der Waals surface area contributed by atoms with E-state index in [-0.39, 0.29) is 17.9 Å². The van der Waals surface area contributed by atoms with Gasteiger partial charge in [0.2, 0.25) is 11.9 Å². The van der Waals surface area contributed by atoms with Crippen LogP contribution in [0.4, 0.5) is 5.95 Å². The number of likely N-dealkylation sites (tertiary alicyclic amines) is 1. The number of hydrogen-bond acceptors (Lipinski definition) is 6. The van der Waals surface area contributed by atoms with E-state index in [1.54, 1.807) is 37.6 Å². The highest BCUT2D eigenvalue weighted by molar-refractivity contribution is 6.36. The van der Waals surface area contributed by atoms with Crippen LogP contribution in [0.2, 0.25) is 5.02 Å². The molecular formula is C27H33ClN6O3. The fourth-order valence-electron chi connectivity index (χ4n) is 4.59. The maximum Gasteiger partial charge on any atom is 0.258 e. The highest BCUT2D eigenvalue weighted by atomic mass is 35.5. The van der Waals surface area contributed by atoms with E-state index in [4.69, 9.17) is 21.3 Å². The zero-order valence-corrected chi connectivity index (χ0v) is 22.5. The first kappa shape index (κ1) is 26.6. The predicted molar refractivity (Wildman–Crippen MR) is 145 cm³/mol. The van der Waals surface area contributed by atoms with Crippen molar-refractivity contribution in [2.75, 3.05) is 46.2 Å². The second-order valence-corrected chi connectivity index (χ2v) is 9.87. The first-order valence-corrected chi connectivity index (χ1v) is 12.7. The molecule has 0 saturated carbocycles. The van der Waals surface area contributed by atoms with Gasteiger partial charge in [-0.2, -0.15) is 0 Å². The van der Waals surface area contributed by atoms with E-state index in [1.165, 1.54) is 0 Å². The Morgan fingerprint density at radius 3 is 2.81 bits per heavy atom. The first-order chi connectivity index (χ1) is 17.8. The van der Waals surface area contributed by atoms with Gasteiger partial charge in [-0.25, -0.2) is 4.98 Å². The fourth-order valence-corrected chi connectivity index (χ4v) is 4.92. The number of aryl methyl sites for hydroxylation is 1. The average Bonchev–Trinajstić information content (AvgIpc) is 3.05. The van der Waals surface area contributed by atoms with E-state index in [0.29, 0.717) is 53.0 Å². The summed E-state index contributed by atoms with van der Waals surface area (Å²) in [6, 6.07) is 6.84. The van der Waals surface area contributed by atoms with Crippen LogP contribution in [-0.2, 0) is 4.79 Å². The summed E-state index contributed by atoms with van der Waals surface area (Å²) in [5.74, 6) is 0.580. The van der Waals surface area contributed by atoms with Crippen LogP contribution in [0.5, 0.6) is 5.75 Å². The topological polar surface area (TPSA) is 92.6 Å². The van der Waals surface area contributed by atoms with Crippen LogP contribution in [0.1, 0.15) is 41.4 Å². The van der Waals surface area contributed by atoms with Gasteiger partial charge in [-0.05, 0) is 64.5 Å². The Morgan fingerprint density at radius 2 is 2.08 bits per heavy atom. The van der Waals surface area contributed by atoms with Gasteiger partial charge in [0, 0.05) is 43.2 Å². The number of nitrogens with one attached hydrogen (secondary N) is 1. The Kier molecular flexibility index (Phi) is 8.45. The molecule has 1 aliphatic heterocycles. The molecule has 3 heterocycles. The number of carbonyl (C=O) groups excluding carboxylic acids is 2. The van der Waals surface area contributed by atoms with Crippen molar-refractivity contribution in [2.45, 2.75) is 32.2 Å². The second-order valence-electron chi connectivity index (χ2n) is 9.49. The van der Waals surface area contributed by atoms with Crippen LogP contribution in [0.25, 0.3) is 11.0 Å². The molecular weight excluding hydrogens is 492 g/mol. The van der Waals surface area contributed by atoms with Crippen molar-refractivity contribution in [3.8, 4) is 5.75 Å². The third kappa shape index (κ3) is 6.11. The van der Waals surface area contributed by atoms with E-state index in [1.807, 2.05) is 47.5 Å². The summed E-state index contributed by atoms with van der Waals surface area (Å²) in [5.41, 5.74) is 2.54. The zero-order chi connectivity index (χ0) is 26.5. The number of likely N-dealkylation sites (N-methyl/N-ethyl adjacent to an activating group) is 1. The molecule has 2 amide bonds. The number of imidazole rings is 1. The summed E-state index contributed by atoms with van der Waals surface area (Å²) in [7, 11) is 5.48. The summed E-state index contributed by atoms with van der Waals surface area (Å²) in [6.45, 7) is 3.67. The molecule has 37 heavy (non-hydrogen) atoms. The number of amides is 2. The van der Waals surface area contributed by atoms with Crippen molar-refractivity contribution < 1.29 is 14.3 Å². The van der Waals surface area contributed by atoms with E-state index in [0.717, 1.165) is 25.0 Å². The number of ether oxygens (including phenoxy) is 1. The van der Waals surface area contributed by atoms with Gasteiger partial charge in [0.05, 0.1) is 24.2 Å². The summed E-state index contributed by atoms with van der Waals surface area (Å²) < 4.78 is 7.43. The highest BCUT2D eigenvalue weighted by Gasteiger charge is 2.28. The molecule has 1 unspecified atom stereocenters. The van der Waals surface area contributed by atoms with Gasteiger partial charge in [0.25, 0.3) is 5.91 Å². The molecule has 0 radical (unpaired) electrons. The van der Waals surface area contributed by atoms with E-state index in [2.05, 4.69) is 10.3 Å². The van der Waals surface area contributed by atoms with Gasteiger partial charge in [-0.3, -0.25) is 19.9 Å². The number of aromatic nitrogens is 3. The Morgan fingerprint density at radius 1 is 1.27 bits per heavy atom. The smallest absolute Gasteiger partial charge is 0.258 e. The summed E-state index contributed by atoms with van der Waals surface area (Å²) in [6.07, 6.45) is 7.74. The molecule has 0 aliphatic carbocycles. The molecule has 1 fully saturated rings. The van der Waals surface area contributed by atoms with E-state index < -0.39 is 0 Å². The number of anilines is 1. The third-order valence-corrected chi connectivity index (χ3v) is 6.78. The molecule has 10 heteroatoms. The Balaban J connectivity index is 1.73. The van der Waals surface area contributed by atoms with Crippen molar-refractivity contribution >= 4 is 40.4 Å². The number of nitrogens with zero attached hydrogens (tertiary/aromatic N) is 5. The molecule has 0 spiro atoms. The quantitative estimate of drug-likeness (QED) is 0.463. The minimum Gasteiger partial charge on any atom is -0.495 e. The molecule has 1 N–H and O–H groups in total. The van der Waals surface area contributed by atoms with Crippen molar-refractivity contribution in [3.05, 3.63) is 58.9 Å². The van der Waals surface area contributed by atoms with Gasteiger partial charge >= 0.3 is 0 Å². The van der Waals surface area contributed by atoms with Crippen LogP contribution >= 0.6 is 11.6 Å². The molecule has 3 aromatic rings. The predicted octanol–water partition coefficient (Wildman–Crippen LogP) is 4.33. The van der Waals surface area contributed by atoms with Gasteiger partial charge in [-0.15, -0.1) is 0 Å². The van der Waals surface area contributed by atoms with Gasteiger partial charge in [-0.1, -0.05) is 17.7 Å². The lowest BCUT2D eigenvalue weighted by molar-refractivity contribution is -0.126. The van der Waals surface area contributed by atoms with Crippen molar-refractivity contribution in [3.63, 3.8) is 0 Å².